The van der Waals surface area contributed by atoms with E-state index in [1.165, 1.54) is 24.3 Å². The molecule has 3 rings (SSSR count). The molecule has 1 aliphatic rings. The quantitative estimate of drug-likeness (QED) is 0.657. The van der Waals surface area contributed by atoms with Crippen LogP contribution in [0.3, 0.4) is 0 Å². The predicted molar refractivity (Wildman–Crippen MR) is 88.5 cm³/mol. The van der Waals surface area contributed by atoms with Gasteiger partial charge in [0.1, 0.15) is 11.5 Å². The van der Waals surface area contributed by atoms with Crippen LogP contribution in [0, 0.1) is 0 Å². The van der Waals surface area contributed by atoms with Crippen molar-refractivity contribution in [3.05, 3.63) is 65.2 Å². The molecule has 0 saturated heterocycles. The number of benzene rings is 2. The van der Waals surface area contributed by atoms with Gasteiger partial charge in [-0.1, -0.05) is 30.3 Å². The zero-order chi connectivity index (χ0) is 17.3. The first-order valence-corrected chi connectivity index (χ1v) is 7.21. The second kappa shape index (κ2) is 6.00. The van der Waals surface area contributed by atoms with E-state index in [4.69, 9.17) is 0 Å². The third-order valence-electron chi connectivity index (χ3n) is 3.63. The second-order valence-electron chi connectivity index (χ2n) is 5.24. The Morgan fingerprint density at radius 3 is 2.33 bits per heavy atom. The molecule has 24 heavy (non-hydrogen) atoms. The topological polar surface area (TPSA) is 90.2 Å². The predicted octanol–water partition coefficient (Wildman–Crippen LogP) is 2.54. The lowest BCUT2D eigenvalue weighted by Crippen LogP contribution is -2.29. The van der Waals surface area contributed by atoms with E-state index in [2.05, 4.69) is 5.10 Å². The fourth-order valence-corrected chi connectivity index (χ4v) is 2.36. The van der Waals surface area contributed by atoms with Gasteiger partial charge in [0, 0.05) is 5.56 Å². The molecule has 0 spiro atoms. The lowest BCUT2D eigenvalue weighted by atomic mass is 10.1. The maximum Gasteiger partial charge on any atom is 0.285 e. The molecule has 2 aromatic carbocycles. The summed E-state index contributed by atoms with van der Waals surface area (Å²) in [6, 6.07) is 12.5. The highest BCUT2D eigenvalue weighted by molar-refractivity contribution is 6.31. The Kier molecular flexibility index (Phi) is 3.87. The Hall–Kier alpha value is -3.41. The van der Waals surface area contributed by atoms with Crippen LogP contribution in [-0.4, -0.2) is 32.7 Å². The molecule has 2 amide bonds. The highest BCUT2D eigenvalue weighted by Crippen LogP contribution is 2.26. The summed E-state index contributed by atoms with van der Waals surface area (Å²) in [6.45, 7) is 1.60. The molecule has 0 saturated carbocycles. The average molecular weight is 322 g/mol. The van der Waals surface area contributed by atoms with Crippen molar-refractivity contribution in [1.29, 1.82) is 0 Å². The molecule has 6 nitrogen and oxygen atoms in total. The number of carbonyl (C=O) groups excluding carboxylic acids is 2. The lowest BCUT2D eigenvalue weighted by molar-refractivity contribution is -0.123. The van der Waals surface area contributed by atoms with Crippen molar-refractivity contribution in [3.63, 3.8) is 0 Å². The van der Waals surface area contributed by atoms with Crippen LogP contribution in [0.2, 0.25) is 0 Å². The van der Waals surface area contributed by atoms with E-state index in [9.17, 15) is 19.8 Å². The van der Waals surface area contributed by atoms with E-state index < -0.39 is 11.8 Å². The number of imide groups is 1. The highest BCUT2D eigenvalue weighted by atomic mass is 16.3. The summed E-state index contributed by atoms with van der Waals surface area (Å²) in [7, 11) is 0. The van der Waals surface area contributed by atoms with Crippen LogP contribution in [0.4, 0.5) is 0 Å². The van der Waals surface area contributed by atoms with Gasteiger partial charge in [-0.25, -0.2) is 0 Å². The summed E-state index contributed by atoms with van der Waals surface area (Å²) in [5, 5.41) is 24.3. The number of amides is 2. The van der Waals surface area contributed by atoms with E-state index in [-0.39, 0.29) is 22.6 Å². The van der Waals surface area contributed by atoms with Gasteiger partial charge in [-0.15, -0.1) is 0 Å². The minimum Gasteiger partial charge on any atom is -0.507 e. The molecule has 6 heteroatoms. The summed E-state index contributed by atoms with van der Waals surface area (Å²) >= 11 is 0. The number of hydrogen-bond donors (Lipinski definition) is 2. The smallest absolute Gasteiger partial charge is 0.285 e. The van der Waals surface area contributed by atoms with Gasteiger partial charge >= 0.3 is 0 Å². The third kappa shape index (κ3) is 2.65. The zero-order valence-corrected chi connectivity index (χ0v) is 12.8. The summed E-state index contributed by atoms with van der Waals surface area (Å²) in [4.78, 5) is 25.0. The molecule has 1 heterocycles. The van der Waals surface area contributed by atoms with Crippen molar-refractivity contribution in [3.8, 4) is 11.5 Å². The molecule has 0 aliphatic carbocycles. The van der Waals surface area contributed by atoms with Crippen molar-refractivity contribution in [1.82, 2.24) is 5.01 Å². The first-order chi connectivity index (χ1) is 11.5. The van der Waals surface area contributed by atoms with Gasteiger partial charge in [0.05, 0.1) is 16.8 Å². The summed E-state index contributed by atoms with van der Waals surface area (Å²) in [5.74, 6) is -1.51. The molecule has 0 atom stereocenters. The first kappa shape index (κ1) is 15.5. The van der Waals surface area contributed by atoms with Gasteiger partial charge in [0.25, 0.3) is 11.8 Å². The SMILES string of the molecule is CC1=NN(C(=O)c2ccccc2O)C(=O)/C1=C\c1ccccc1O. The summed E-state index contributed by atoms with van der Waals surface area (Å²) < 4.78 is 0. The number of hydrazone groups is 1. The maximum absolute atomic E-state index is 12.5. The molecular formula is C18H14N2O4. The van der Waals surface area contributed by atoms with Gasteiger partial charge in [0.15, 0.2) is 0 Å². The second-order valence-corrected chi connectivity index (χ2v) is 5.24. The molecule has 0 radical (unpaired) electrons. The van der Waals surface area contributed by atoms with Gasteiger partial charge in [0.2, 0.25) is 0 Å². The largest absolute Gasteiger partial charge is 0.507 e. The van der Waals surface area contributed by atoms with E-state index in [1.54, 1.807) is 37.3 Å². The van der Waals surface area contributed by atoms with Crippen molar-refractivity contribution in [2.45, 2.75) is 6.92 Å². The van der Waals surface area contributed by atoms with Crippen molar-refractivity contribution >= 4 is 23.6 Å². The Morgan fingerprint density at radius 2 is 1.67 bits per heavy atom. The maximum atomic E-state index is 12.5. The minimum absolute atomic E-state index is 0.00814. The molecule has 0 fully saturated rings. The van der Waals surface area contributed by atoms with Gasteiger partial charge < -0.3 is 10.2 Å². The Balaban J connectivity index is 1.95. The fraction of sp³-hybridized carbons (Fsp3) is 0.0556. The standard InChI is InChI=1S/C18H14N2O4/c1-11-14(10-12-6-2-4-8-15(12)21)18(24)20(19-11)17(23)13-7-3-5-9-16(13)22/h2-10,21-22H,1H3/b14-10-. The molecule has 0 aromatic heterocycles. The van der Waals surface area contributed by atoms with Crippen LogP contribution in [0.25, 0.3) is 6.08 Å². The number of hydrogen-bond acceptors (Lipinski definition) is 5. The number of carbonyl (C=O) groups is 2. The van der Waals surface area contributed by atoms with Crippen molar-refractivity contribution in [2.24, 2.45) is 5.10 Å². The van der Waals surface area contributed by atoms with Crippen molar-refractivity contribution in [2.75, 3.05) is 0 Å². The number of phenols is 2. The van der Waals surface area contributed by atoms with Crippen LogP contribution in [-0.2, 0) is 4.79 Å². The molecule has 120 valence electrons. The van der Waals surface area contributed by atoms with Gasteiger partial charge in [-0.05, 0) is 31.2 Å². The number of para-hydroxylation sites is 2. The summed E-state index contributed by atoms with van der Waals surface area (Å²) in [5.41, 5.74) is 1.01. The molecule has 0 unspecified atom stereocenters. The first-order valence-electron chi connectivity index (χ1n) is 7.21. The van der Waals surface area contributed by atoms with Gasteiger partial charge in [-0.3, -0.25) is 9.59 Å². The number of nitrogens with zero attached hydrogens (tertiary/aromatic N) is 2. The normalized spacial score (nSPS) is 15.7. The monoisotopic (exact) mass is 322 g/mol. The summed E-state index contributed by atoms with van der Waals surface area (Å²) in [6.07, 6.45) is 1.48. The Bertz CT molecular complexity index is 899. The zero-order valence-electron chi connectivity index (χ0n) is 12.8. The fourth-order valence-electron chi connectivity index (χ4n) is 2.36. The van der Waals surface area contributed by atoms with E-state index in [1.807, 2.05) is 0 Å². The molecule has 2 N–H and O–H groups in total. The molecular weight excluding hydrogens is 308 g/mol. The highest BCUT2D eigenvalue weighted by Gasteiger charge is 2.34. The van der Waals surface area contributed by atoms with Crippen LogP contribution < -0.4 is 0 Å². The average Bonchev–Trinajstić information content (AvgIpc) is 2.85. The third-order valence-corrected chi connectivity index (χ3v) is 3.63. The van der Waals surface area contributed by atoms with E-state index in [0.29, 0.717) is 11.3 Å². The van der Waals surface area contributed by atoms with Gasteiger partial charge in [-0.2, -0.15) is 10.1 Å². The van der Waals surface area contributed by atoms with Crippen LogP contribution in [0.5, 0.6) is 11.5 Å². The lowest BCUT2D eigenvalue weighted by Gasteiger charge is -2.10. The Morgan fingerprint density at radius 1 is 1.04 bits per heavy atom. The Labute approximate surface area is 138 Å². The van der Waals surface area contributed by atoms with Crippen LogP contribution >= 0.6 is 0 Å². The van der Waals surface area contributed by atoms with Crippen molar-refractivity contribution < 1.29 is 19.8 Å². The van der Waals surface area contributed by atoms with E-state index in [0.717, 1.165) is 5.01 Å². The number of aromatic hydroxyl groups is 2. The molecule has 2 aromatic rings. The van der Waals surface area contributed by atoms with Crippen LogP contribution in [0.1, 0.15) is 22.8 Å². The number of phenolic OH excluding ortho intramolecular Hbond substituents is 2. The van der Waals surface area contributed by atoms with Crippen LogP contribution in [0.15, 0.2) is 59.2 Å². The molecule has 0 bridgehead atoms. The molecule has 1 aliphatic heterocycles. The minimum atomic E-state index is -0.710. The number of rotatable bonds is 2. The van der Waals surface area contributed by atoms with E-state index >= 15 is 0 Å².